The number of amides is 1. The Hall–Kier alpha value is -0.940. The topological polar surface area (TPSA) is 55.1 Å². The molecule has 3 rings (SSSR count). The molecular formula is C16H20BrFN2O. The molecular weight excluding hydrogens is 335 g/mol. The normalized spacial score (nSPS) is 31.8. The van der Waals surface area contributed by atoms with Crippen LogP contribution in [0.1, 0.15) is 42.5 Å². The third-order valence-electron chi connectivity index (χ3n) is 4.86. The summed E-state index contributed by atoms with van der Waals surface area (Å²) in [5, 5.41) is 3.07. The molecule has 0 aromatic heterocycles. The minimum absolute atomic E-state index is 0.102. The molecule has 2 aliphatic rings. The van der Waals surface area contributed by atoms with Gasteiger partial charge in [0.25, 0.3) is 5.91 Å². The predicted octanol–water partition coefficient (Wildman–Crippen LogP) is 3.22. The van der Waals surface area contributed by atoms with Crippen LogP contribution >= 0.6 is 15.9 Å². The van der Waals surface area contributed by atoms with Crippen LogP contribution in [0.2, 0.25) is 0 Å². The van der Waals surface area contributed by atoms with E-state index in [-0.39, 0.29) is 23.6 Å². The summed E-state index contributed by atoms with van der Waals surface area (Å²) in [6, 6.07) is 4.98. The van der Waals surface area contributed by atoms with Crippen molar-refractivity contribution in [3.8, 4) is 0 Å². The largest absolute Gasteiger partial charge is 0.349 e. The van der Waals surface area contributed by atoms with Crippen LogP contribution < -0.4 is 11.1 Å². The number of benzene rings is 1. The fourth-order valence-electron chi connectivity index (χ4n) is 3.96. The number of nitrogens with two attached hydrogens (primary N) is 1. The highest BCUT2D eigenvalue weighted by Gasteiger charge is 2.40. The van der Waals surface area contributed by atoms with Gasteiger partial charge in [-0.2, -0.15) is 0 Å². The lowest BCUT2D eigenvalue weighted by molar-refractivity contribution is 0.0752. The summed E-state index contributed by atoms with van der Waals surface area (Å²) in [5.74, 6) is 0.0564. The molecule has 21 heavy (non-hydrogen) atoms. The maximum Gasteiger partial charge on any atom is 0.255 e. The van der Waals surface area contributed by atoms with E-state index in [2.05, 4.69) is 21.2 Å². The second-order valence-electron chi connectivity index (χ2n) is 6.28. The van der Waals surface area contributed by atoms with Gasteiger partial charge in [0, 0.05) is 16.6 Å². The average molecular weight is 355 g/mol. The van der Waals surface area contributed by atoms with Crippen molar-refractivity contribution < 1.29 is 9.18 Å². The van der Waals surface area contributed by atoms with E-state index in [9.17, 15) is 9.18 Å². The van der Waals surface area contributed by atoms with Crippen LogP contribution in [-0.4, -0.2) is 18.0 Å². The minimum Gasteiger partial charge on any atom is -0.349 e. The Bertz CT molecular complexity index is 517. The first-order valence-electron chi connectivity index (χ1n) is 7.56. The number of halogens is 2. The number of hydrogen-bond donors (Lipinski definition) is 2. The molecule has 0 spiro atoms. The van der Waals surface area contributed by atoms with Crippen molar-refractivity contribution in [3.05, 3.63) is 34.1 Å². The van der Waals surface area contributed by atoms with E-state index in [0.29, 0.717) is 16.3 Å². The molecule has 1 aromatic carbocycles. The summed E-state index contributed by atoms with van der Waals surface area (Å²) in [6.07, 6.45) is 5.33. The second kappa shape index (κ2) is 6.05. The van der Waals surface area contributed by atoms with Crippen LogP contribution in [-0.2, 0) is 0 Å². The van der Waals surface area contributed by atoms with Gasteiger partial charge in [0.1, 0.15) is 5.82 Å². The maximum atomic E-state index is 13.9. The Labute approximate surface area is 132 Å². The molecule has 5 heteroatoms. The van der Waals surface area contributed by atoms with E-state index in [1.165, 1.54) is 12.5 Å². The Balaban J connectivity index is 1.78. The SMILES string of the molecule is NC1CC2CCCC(C1)C2NC(=O)c1c(F)cccc1Br. The zero-order valence-electron chi connectivity index (χ0n) is 11.8. The van der Waals surface area contributed by atoms with Crippen molar-refractivity contribution in [2.24, 2.45) is 17.6 Å². The van der Waals surface area contributed by atoms with Gasteiger partial charge in [0.05, 0.1) is 5.56 Å². The van der Waals surface area contributed by atoms with E-state index in [1.807, 2.05) is 0 Å². The zero-order valence-corrected chi connectivity index (χ0v) is 13.4. The molecule has 0 saturated heterocycles. The summed E-state index contributed by atoms with van der Waals surface area (Å²) in [7, 11) is 0. The van der Waals surface area contributed by atoms with Gasteiger partial charge in [0.15, 0.2) is 0 Å². The van der Waals surface area contributed by atoms with E-state index in [0.717, 1.165) is 25.7 Å². The van der Waals surface area contributed by atoms with E-state index in [1.54, 1.807) is 12.1 Å². The van der Waals surface area contributed by atoms with E-state index in [4.69, 9.17) is 5.73 Å². The van der Waals surface area contributed by atoms with Crippen LogP contribution in [0, 0.1) is 17.7 Å². The van der Waals surface area contributed by atoms with Gasteiger partial charge < -0.3 is 11.1 Å². The standard InChI is InChI=1S/C16H20BrFN2O/c17-12-5-2-6-13(18)14(12)16(21)20-15-9-3-1-4-10(15)8-11(19)7-9/h2,5-6,9-11,15H,1,3-4,7-8,19H2,(H,20,21). The van der Waals surface area contributed by atoms with Crippen LogP contribution in [0.3, 0.4) is 0 Å². The van der Waals surface area contributed by atoms with Crippen molar-refractivity contribution in [3.63, 3.8) is 0 Å². The van der Waals surface area contributed by atoms with E-state index >= 15 is 0 Å². The number of fused-ring (bicyclic) bond motifs is 2. The first-order chi connectivity index (χ1) is 10.1. The molecule has 0 radical (unpaired) electrons. The average Bonchev–Trinajstić information content (AvgIpc) is 2.39. The van der Waals surface area contributed by atoms with Gasteiger partial charge >= 0.3 is 0 Å². The lowest BCUT2D eigenvalue weighted by Crippen LogP contribution is -2.53. The van der Waals surface area contributed by atoms with Crippen molar-refractivity contribution >= 4 is 21.8 Å². The quantitative estimate of drug-likeness (QED) is 0.856. The minimum atomic E-state index is -0.487. The first-order valence-corrected chi connectivity index (χ1v) is 8.36. The van der Waals surface area contributed by atoms with Crippen LogP contribution in [0.5, 0.6) is 0 Å². The number of nitrogens with one attached hydrogen (secondary N) is 1. The van der Waals surface area contributed by atoms with Crippen LogP contribution in [0.4, 0.5) is 4.39 Å². The van der Waals surface area contributed by atoms with E-state index < -0.39 is 5.82 Å². The Morgan fingerprint density at radius 1 is 1.29 bits per heavy atom. The highest BCUT2D eigenvalue weighted by molar-refractivity contribution is 9.10. The van der Waals surface area contributed by atoms with Crippen molar-refractivity contribution in [2.75, 3.05) is 0 Å². The number of carbonyl (C=O) groups excluding carboxylic acids is 1. The molecule has 2 saturated carbocycles. The van der Waals surface area contributed by atoms with Gasteiger partial charge in [-0.1, -0.05) is 12.5 Å². The van der Waals surface area contributed by atoms with Gasteiger partial charge in [-0.25, -0.2) is 4.39 Å². The van der Waals surface area contributed by atoms with Gasteiger partial charge in [-0.05, 0) is 65.6 Å². The summed E-state index contributed by atoms with van der Waals surface area (Å²) in [6.45, 7) is 0. The molecule has 114 valence electrons. The summed E-state index contributed by atoms with van der Waals surface area (Å²) < 4.78 is 14.4. The zero-order chi connectivity index (χ0) is 15.0. The molecule has 2 atom stereocenters. The number of rotatable bonds is 2. The predicted molar refractivity (Wildman–Crippen MR) is 83.4 cm³/mol. The fraction of sp³-hybridized carbons (Fsp3) is 0.562. The molecule has 0 aliphatic heterocycles. The van der Waals surface area contributed by atoms with Gasteiger partial charge in [-0.15, -0.1) is 0 Å². The van der Waals surface area contributed by atoms with Crippen LogP contribution in [0.15, 0.2) is 22.7 Å². The summed E-state index contributed by atoms with van der Waals surface area (Å²) >= 11 is 3.26. The Morgan fingerprint density at radius 3 is 2.57 bits per heavy atom. The summed E-state index contributed by atoms with van der Waals surface area (Å²) in [4.78, 5) is 12.5. The molecule has 1 aromatic rings. The molecule has 0 heterocycles. The smallest absolute Gasteiger partial charge is 0.255 e. The maximum absolute atomic E-state index is 13.9. The lowest BCUT2D eigenvalue weighted by Gasteiger charge is -2.45. The number of hydrogen-bond acceptors (Lipinski definition) is 2. The highest BCUT2D eigenvalue weighted by atomic mass is 79.9. The molecule has 2 aliphatic carbocycles. The molecule has 2 unspecified atom stereocenters. The first kappa shape index (κ1) is 15.0. The molecule has 2 bridgehead atoms. The Kier molecular flexibility index (Phi) is 4.31. The highest BCUT2D eigenvalue weighted by Crippen LogP contribution is 2.39. The van der Waals surface area contributed by atoms with Gasteiger partial charge in [-0.3, -0.25) is 4.79 Å². The second-order valence-corrected chi connectivity index (χ2v) is 7.13. The molecule has 3 nitrogen and oxygen atoms in total. The van der Waals surface area contributed by atoms with Gasteiger partial charge in [0.2, 0.25) is 0 Å². The van der Waals surface area contributed by atoms with Crippen LogP contribution in [0.25, 0.3) is 0 Å². The fourth-order valence-corrected chi connectivity index (χ4v) is 4.49. The molecule has 2 fully saturated rings. The molecule has 3 N–H and O–H groups in total. The lowest BCUT2D eigenvalue weighted by atomic mass is 9.67. The Morgan fingerprint density at radius 2 is 1.95 bits per heavy atom. The summed E-state index contributed by atoms with van der Waals surface area (Å²) in [5.41, 5.74) is 6.20. The molecule has 1 amide bonds. The van der Waals surface area contributed by atoms with Crippen molar-refractivity contribution in [2.45, 2.75) is 44.2 Å². The third kappa shape index (κ3) is 2.99. The van der Waals surface area contributed by atoms with Crippen molar-refractivity contribution in [1.82, 2.24) is 5.32 Å². The monoisotopic (exact) mass is 354 g/mol. The third-order valence-corrected chi connectivity index (χ3v) is 5.52. The van der Waals surface area contributed by atoms with Crippen molar-refractivity contribution in [1.29, 1.82) is 0 Å². The number of carbonyl (C=O) groups is 1.